The van der Waals surface area contributed by atoms with E-state index in [0.717, 1.165) is 32.4 Å². The molecule has 4 N–H and O–H groups in total. The number of nitrogen functional groups attached to an aromatic ring is 1. The number of aromatic nitrogens is 3. The number of anilines is 3. The van der Waals surface area contributed by atoms with Gasteiger partial charge in [0.25, 0.3) is 0 Å². The number of piperidine rings is 1. The molecule has 10 heteroatoms. The SMILES string of the molecule is Nc1ccc(-c2cc(N3CCC3)nc(N3CCC(N)CC3)n2)c(C(F)(F)F)n1. The Morgan fingerprint density at radius 1 is 0.964 bits per heavy atom. The van der Waals surface area contributed by atoms with E-state index >= 15 is 0 Å². The average molecular weight is 393 g/mol. The van der Waals surface area contributed by atoms with Gasteiger partial charge < -0.3 is 21.3 Å². The molecule has 0 radical (unpaired) electrons. The van der Waals surface area contributed by atoms with Crippen molar-refractivity contribution in [3.63, 3.8) is 0 Å². The highest BCUT2D eigenvalue weighted by Crippen LogP contribution is 2.37. The normalized spacial score (nSPS) is 18.3. The summed E-state index contributed by atoms with van der Waals surface area (Å²) in [6.07, 6.45) is -2.01. The number of rotatable bonds is 3. The molecule has 4 heterocycles. The first-order chi connectivity index (χ1) is 13.3. The maximum absolute atomic E-state index is 13.6. The van der Waals surface area contributed by atoms with Crippen molar-refractivity contribution in [3.8, 4) is 11.3 Å². The third kappa shape index (κ3) is 3.68. The largest absolute Gasteiger partial charge is 0.434 e. The molecule has 2 aromatic heterocycles. The standard InChI is InChI=1S/C18H22F3N7/c19-18(20,21)16-12(2-3-14(23)25-16)13-10-15(27-6-1-7-27)26-17(24-13)28-8-4-11(22)5-9-28/h2-3,10-11H,1,4-9,22H2,(H2,23,25). The fourth-order valence-electron chi connectivity index (χ4n) is 3.41. The summed E-state index contributed by atoms with van der Waals surface area (Å²) in [5.41, 5.74) is 10.5. The molecule has 2 saturated heterocycles. The Balaban J connectivity index is 1.80. The van der Waals surface area contributed by atoms with Crippen LogP contribution in [0.2, 0.25) is 0 Å². The number of halogens is 3. The van der Waals surface area contributed by atoms with E-state index in [1.54, 1.807) is 6.07 Å². The van der Waals surface area contributed by atoms with Gasteiger partial charge in [-0.1, -0.05) is 0 Å². The average Bonchev–Trinajstić information content (AvgIpc) is 2.60. The maximum Gasteiger partial charge on any atom is 0.434 e. The van der Waals surface area contributed by atoms with Crippen molar-refractivity contribution in [2.75, 3.05) is 41.7 Å². The van der Waals surface area contributed by atoms with Gasteiger partial charge in [0.1, 0.15) is 11.6 Å². The Bertz CT molecular complexity index is 859. The second-order valence-electron chi connectivity index (χ2n) is 7.21. The van der Waals surface area contributed by atoms with Crippen molar-refractivity contribution in [3.05, 3.63) is 23.9 Å². The third-order valence-corrected chi connectivity index (χ3v) is 5.16. The Labute approximate surface area is 160 Å². The lowest BCUT2D eigenvalue weighted by Gasteiger charge is -2.34. The molecule has 2 fully saturated rings. The van der Waals surface area contributed by atoms with Gasteiger partial charge in [-0.3, -0.25) is 0 Å². The number of hydrogen-bond acceptors (Lipinski definition) is 7. The number of nitrogens with two attached hydrogens (primary N) is 2. The zero-order valence-corrected chi connectivity index (χ0v) is 15.3. The summed E-state index contributed by atoms with van der Waals surface area (Å²) in [7, 11) is 0. The van der Waals surface area contributed by atoms with Crippen LogP contribution in [0, 0.1) is 0 Å². The molecule has 4 rings (SSSR count). The summed E-state index contributed by atoms with van der Waals surface area (Å²) < 4.78 is 40.7. The van der Waals surface area contributed by atoms with Gasteiger partial charge in [0.15, 0.2) is 5.69 Å². The van der Waals surface area contributed by atoms with Crippen LogP contribution in [0.15, 0.2) is 18.2 Å². The third-order valence-electron chi connectivity index (χ3n) is 5.16. The van der Waals surface area contributed by atoms with E-state index < -0.39 is 11.9 Å². The Morgan fingerprint density at radius 3 is 2.29 bits per heavy atom. The minimum Gasteiger partial charge on any atom is -0.384 e. The van der Waals surface area contributed by atoms with E-state index in [0.29, 0.717) is 24.9 Å². The van der Waals surface area contributed by atoms with Crippen LogP contribution < -0.4 is 21.3 Å². The number of alkyl halides is 3. The first-order valence-electron chi connectivity index (χ1n) is 9.30. The molecule has 2 aliphatic rings. The smallest absolute Gasteiger partial charge is 0.384 e. The van der Waals surface area contributed by atoms with Crippen LogP contribution in [0.5, 0.6) is 0 Å². The van der Waals surface area contributed by atoms with E-state index in [4.69, 9.17) is 11.5 Å². The summed E-state index contributed by atoms with van der Waals surface area (Å²) >= 11 is 0. The van der Waals surface area contributed by atoms with E-state index in [1.807, 2.05) is 9.80 Å². The molecule has 2 aromatic rings. The second-order valence-corrected chi connectivity index (χ2v) is 7.21. The molecule has 0 saturated carbocycles. The zero-order chi connectivity index (χ0) is 19.9. The molecule has 0 aliphatic carbocycles. The summed E-state index contributed by atoms with van der Waals surface area (Å²) in [5.74, 6) is 0.876. The molecule has 0 bridgehead atoms. The monoisotopic (exact) mass is 393 g/mol. The van der Waals surface area contributed by atoms with E-state index in [9.17, 15) is 13.2 Å². The molecule has 0 spiro atoms. The van der Waals surface area contributed by atoms with Crippen LogP contribution in [-0.4, -0.2) is 47.2 Å². The van der Waals surface area contributed by atoms with Crippen molar-refractivity contribution >= 4 is 17.6 Å². The highest BCUT2D eigenvalue weighted by atomic mass is 19.4. The lowest BCUT2D eigenvalue weighted by atomic mass is 10.1. The van der Waals surface area contributed by atoms with Gasteiger partial charge in [-0.15, -0.1) is 0 Å². The molecule has 28 heavy (non-hydrogen) atoms. The molecular weight excluding hydrogens is 371 g/mol. The highest BCUT2D eigenvalue weighted by Gasteiger charge is 2.37. The summed E-state index contributed by atoms with van der Waals surface area (Å²) in [6, 6.07) is 4.41. The van der Waals surface area contributed by atoms with Gasteiger partial charge in [-0.25, -0.2) is 9.97 Å². The Kier molecular flexibility index (Phi) is 4.74. The molecule has 150 valence electrons. The maximum atomic E-state index is 13.6. The molecule has 0 atom stereocenters. The topological polar surface area (TPSA) is 97.2 Å². The Morgan fingerprint density at radius 2 is 1.68 bits per heavy atom. The van der Waals surface area contributed by atoms with Crippen LogP contribution in [-0.2, 0) is 6.18 Å². The number of nitrogens with zero attached hydrogens (tertiary/aromatic N) is 5. The van der Waals surface area contributed by atoms with Gasteiger partial charge in [0.2, 0.25) is 5.95 Å². The van der Waals surface area contributed by atoms with Crippen molar-refractivity contribution in [1.82, 2.24) is 15.0 Å². The van der Waals surface area contributed by atoms with Crippen LogP contribution in [0.3, 0.4) is 0 Å². The molecular formula is C18H22F3N7. The van der Waals surface area contributed by atoms with E-state index in [2.05, 4.69) is 15.0 Å². The fraction of sp³-hybridized carbons (Fsp3) is 0.500. The van der Waals surface area contributed by atoms with Crippen LogP contribution in [0.4, 0.5) is 30.8 Å². The lowest BCUT2D eigenvalue weighted by molar-refractivity contribution is -0.140. The van der Waals surface area contributed by atoms with Crippen LogP contribution >= 0.6 is 0 Å². The van der Waals surface area contributed by atoms with Crippen molar-refractivity contribution in [2.45, 2.75) is 31.5 Å². The van der Waals surface area contributed by atoms with E-state index in [-0.39, 0.29) is 23.1 Å². The van der Waals surface area contributed by atoms with Gasteiger partial charge in [-0.05, 0) is 31.4 Å². The highest BCUT2D eigenvalue weighted by molar-refractivity contribution is 5.69. The van der Waals surface area contributed by atoms with Crippen LogP contribution in [0.25, 0.3) is 11.3 Å². The first-order valence-corrected chi connectivity index (χ1v) is 9.30. The number of hydrogen-bond donors (Lipinski definition) is 2. The van der Waals surface area contributed by atoms with Gasteiger partial charge in [-0.2, -0.15) is 18.2 Å². The van der Waals surface area contributed by atoms with Gasteiger partial charge in [0.05, 0.1) is 5.69 Å². The van der Waals surface area contributed by atoms with E-state index in [1.165, 1.54) is 12.1 Å². The van der Waals surface area contributed by atoms with Gasteiger partial charge >= 0.3 is 6.18 Å². The predicted octanol–water partition coefficient (Wildman–Crippen LogP) is 2.28. The zero-order valence-electron chi connectivity index (χ0n) is 15.3. The quantitative estimate of drug-likeness (QED) is 0.826. The van der Waals surface area contributed by atoms with Crippen molar-refractivity contribution < 1.29 is 13.2 Å². The first kappa shape index (κ1) is 18.7. The molecule has 2 aliphatic heterocycles. The summed E-state index contributed by atoms with van der Waals surface area (Å²) in [4.78, 5) is 16.6. The fourth-order valence-corrected chi connectivity index (χ4v) is 3.41. The molecule has 7 nitrogen and oxygen atoms in total. The minimum absolute atomic E-state index is 0.0964. The summed E-state index contributed by atoms with van der Waals surface area (Å²) in [5, 5.41) is 0. The second kappa shape index (κ2) is 7.08. The van der Waals surface area contributed by atoms with Gasteiger partial charge in [0, 0.05) is 43.9 Å². The van der Waals surface area contributed by atoms with Crippen LogP contribution in [0.1, 0.15) is 25.0 Å². The number of pyridine rings is 1. The Hall–Kier alpha value is -2.62. The molecule has 0 amide bonds. The van der Waals surface area contributed by atoms with Crippen molar-refractivity contribution in [2.24, 2.45) is 5.73 Å². The lowest BCUT2D eigenvalue weighted by Crippen LogP contribution is -2.41. The van der Waals surface area contributed by atoms with Crippen molar-refractivity contribution in [1.29, 1.82) is 0 Å². The summed E-state index contributed by atoms with van der Waals surface area (Å²) in [6.45, 7) is 3.01. The minimum atomic E-state index is -4.63. The molecule has 0 aromatic carbocycles. The molecule has 0 unspecified atom stereocenters. The predicted molar refractivity (Wildman–Crippen MR) is 101 cm³/mol.